The van der Waals surface area contributed by atoms with Crippen LogP contribution in [0.4, 0.5) is 5.82 Å². The molecule has 0 aliphatic carbocycles. The average molecular weight is 318 g/mol. The van der Waals surface area contributed by atoms with E-state index in [2.05, 4.69) is 32.2 Å². The highest BCUT2D eigenvalue weighted by Crippen LogP contribution is 2.12. The first-order valence-corrected chi connectivity index (χ1v) is 5.73. The first-order valence-electron chi connectivity index (χ1n) is 4.94. The highest BCUT2D eigenvalue weighted by Gasteiger charge is 2.03. The fourth-order valence-electron chi connectivity index (χ4n) is 0.994. The summed E-state index contributed by atoms with van der Waals surface area (Å²) in [7, 11) is 0. The second kappa shape index (κ2) is 6.92. The summed E-state index contributed by atoms with van der Waals surface area (Å²) in [5.74, 6) is -0.399. The van der Waals surface area contributed by atoms with Gasteiger partial charge >= 0.3 is 11.7 Å². The second-order valence-electron chi connectivity index (χ2n) is 3.14. The number of nitrogens with two attached hydrogens (primary N) is 1. The maximum atomic E-state index is 11.4. The molecule has 1 aromatic rings. The summed E-state index contributed by atoms with van der Waals surface area (Å²) in [5.41, 5.74) is 4.92. The largest absolute Gasteiger partial charge is 0.460 e. The highest BCUT2D eigenvalue weighted by atomic mass is 79.9. The molecule has 2 N–H and O–H groups in total. The number of hydrogen-bond acceptors (Lipinski definition) is 6. The van der Waals surface area contributed by atoms with E-state index < -0.39 is 11.7 Å². The third kappa shape index (κ3) is 4.30. The number of carbonyl (C=O) groups is 1. The van der Waals surface area contributed by atoms with Gasteiger partial charge in [0.05, 0.1) is 11.1 Å². The summed E-state index contributed by atoms with van der Waals surface area (Å²) in [6.07, 6.45) is 2.53. The molecule has 0 aromatic carbocycles. The van der Waals surface area contributed by atoms with Crippen LogP contribution in [0.2, 0.25) is 0 Å². The lowest BCUT2D eigenvalue weighted by atomic mass is 10.6. The topological polar surface area (TPSA) is 96.4 Å². The summed E-state index contributed by atoms with van der Waals surface area (Å²) in [4.78, 5) is 25.7. The van der Waals surface area contributed by atoms with Crippen molar-refractivity contribution >= 4 is 27.7 Å². The molecule has 0 spiro atoms. The minimum Gasteiger partial charge on any atom is -0.460 e. The van der Waals surface area contributed by atoms with Crippen LogP contribution in [0.5, 0.6) is 0 Å². The molecule has 0 aliphatic rings. The average Bonchev–Trinajstić information content (AvgIpc) is 2.34. The van der Waals surface area contributed by atoms with Crippen LogP contribution in [0.1, 0.15) is 0 Å². The third-order valence-electron chi connectivity index (χ3n) is 1.84. The number of nitrogens with zero attached hydrogens (tertiary/aromatic N) is 2. The Morgan fingerprint density at radius 3 is 3.00 bits per heavy atom. The van der Waals surface area contributed by atoms with Gasteiger partial charge < -0.3 is 15.2 Å². The third-order valence-corrected chi connectivity index (χ3v) is 2.46. The number of nitrogen functional groups attached to an aromatic ring is 1. The Morgan fingerprint density at radius 2 is 2.33 bits per heavy atom. The maximum Gasteiger partial charge on any atom is 0.351 e. The van der Waals surface area contributed by atoms with Gasteiger partial charge in [0.15, 0.2) is 0 Å². The Labute approximate surface area is 111 Å². The zero-order chi connectivity index (χ0) is 13.5. The number of hydrogen-bond donors (Lipinski definition) is 1. The van der Waals surface area contributed by atoms with Gasteiger partial charge in [0, 0.05) is 12.3 Å². The molecule has 0 bridgehead atoms. The Hall–Kier alpha value is -1.67. The number of ether oxygens (including phenoxy) is 2. The molecule has 7 nitrogen and oxygen atoms in total. The van der Waals surface area contributed by atoms with E-state index in [9.17, 15) is 9.59 Å². The highest BCUT2D eigenvalue weighted by molar-refractivity contribution is 9.10. The minimum absolute atomic E-state index is 0.00362. The Balaban J connectivity index is 2.40. The van der Waals surface area contributed by atoms with Crippen molar-refractivity contribution in [3.63, 3.8) is 0 Å². The molecule has 0 fully saturated rings. The van der Waals surface area contributed by atoms with Gasteiger partial charge in [0.2, 0.25) is 0 Å². The smallest absolute Gasteiger partial charge is 0.351 e. The molecule has 18 heavy (non-hydrogen) atoms. The SMILES string of the molecule is C=CC(=O)OCCOCn1cc(Br)c(N)nc1=O. The normalized spacial score (nSPS) is 10.1. The van der Waals surface area contributed by atoms with Crippen molar-refractivity contribution in [3.8, 4) is 0 Å². The first-order chi connectivity index (χ1) is 8.54. The molecule has 0 saturated carbocycles. The summed E-state index contributed by atoms with van der Waals surface area (Å²) >= 11 is 3.15. The Kier molecular flexibility index (Phi) is 5.53. The van der Waals surface area contributed by atoms with E-state index in [4.69, 9.17) is 10.5 Å². The van der Waals surface area contributed by atoms with Gasteiger partial charge in [-0.3, -0.25) is 4.57 Å². The van der Waals surface area contributed by atoms with Gasteiger partial charge in [-0.15, -0.1) is 0 Å². The molecule has 0 aliphatic heterocycles. The second-order valence-corrected chi connectivity index (χ2v) is 3.99. The van der Waals surface area contributed by atoms with Crippen LogP contribution in [0.15, 0.2) is 28.1 Å². The summed E-state index contributed by atoms with van der Waals surface area (Å²) in [5, 5.41) is 0. The van der Waals surface area contributed by atoms with E-state index in [0.717, 1.165) is 6.08 Å². The van der Waals surface area contributed by atoms with Crippen molar-refractivity contribution in [2.45, 2.75) is 6.73 Å². The molecule has 0 radical (unpaired) electrons. The molecule has 98 valence electrons. The van der Waals surface area contributed by atoms with Gasteiger partial charge in [-0.2, -0.15) is 4.98 Å². The quantitative estimate of drug-likeness (QED) is 0.460. The molecule has 1 rings (SSSR count). The van der Waals surface area contributed by atoms with Crippen LogP contribution in [0.25, 0.3) is 0 Å². The fourth-order valence-corrected chi connectivity index (χ4v) is 1.33. The van der Waals surface area contributed by atoms with E-state index in [1.807, 2.05) is 0 Å². The van der Waals surface area contributed by atoms with E-state index in [0.29, 0.717) is 4.47 Å². The molecule has 0 unspecified atom stereocenters. The molecule has 1 heterocycles. The lowest BCUT2D eigenvalue weighted by molar-refractivity contribution is -0.139. The Bertz CT molecular complexity index is 500. The lowest BCUT2D eigenvalue weighted by Crippen LogP contribution is -2.25. The van der Waals surface area contributed by atoms with E-state index >= 15 is 0 Å². The molecule has 0 amide bonds. The molecule has 1 aromatic heterocycles. The minimum atomic E-state index is -0.521. The summed E-state index contributed by atoms with van der Waals surface area (Å²) < 4.78 is 11.6. The molecular weight excluding hydrogens is 306 g/mol. The van der Waals surface area contributed by atoms with Crippen LogP contribution < -0.4 is 11.4 Å². The van der Waals surface area contributed by atoms with Crippen molar-refractivity contribution in [2.75, 3.05) is 18.9 Å². The fraction of sp³-hybridized carbons (Fsp3) is 0.300. The van der Waals surface area contributed by atoms with E-state index in [1.165, 1.54) is 10.8 Å². The van der Waals surface area contributed by atoms with E-state index in [-0.39, 0.29) is 25.8 Å². The molecular formula is C10H12BrN3O4. The van der Waals surface area contributed by atoms with Crippen LogP contribution >= 0.6 is 15.9 Å². The standard InChI is InChI=1S/C10H12BrN3O4/c1-2-8(15)18-4-3-17-6-14-5-7(11)9(12)13-10(14)16/h2,5H,1,3-4,6H2,(H2,12,13,16). The van der Waals surface area contributed by atoms with Crippen LogP contribution in [0.3, 0.4) is 0 Å². The Morgan fingerprint density at radius 1 is 1.61 bits per heavy atom. The molecule has 0 saturated heterocycles. The monoisotopic (exact) mass is 317 g/mol. The summed E-state index contributed by atoms with van der Waals surface area (Å²) in [6, 6.07) is 0. The molecule has 8 heteroatoms. The van der Waals surface area contributed by atoms with Gasteiger partial charge in [-0.1, -0.05) is 6.58 Å². The predicted molar refractivity (Wildman–Crippen MR) is 67.7 cm³/mol. The number of aromatic nitrogens is 2. The number of halogens is 1. The van der Waals surface area contributed by atoms with Crippen molar-refractivity contribution in [1.29, 1.82) is 0 Å². The lowest BCUT2D eigenvalue weighted by Gasteiger charge is -2.07. The van der Waals surface area contributed by atoms with Crippen LogP contribution in [0, 0.1) is 0 Å². The van der Waals surface area contributed by atoms with Gasteiger partial charge in [0.25, 0.3) is 0 Å². The van der Waals surface area contributed by atoms with Crippen molar-refractivity contribution in [3.05, 3.63) is 33.8 Å². The van der Waals surface area contributed by atoms with Gasteiger partial charge in [0.1, 0.15) is 19.2 Å². The number of rotatable bonds is 6. The van der Waals surface area contributed by atoms with Crippen LogP contribution in [-0.2, 0) is 21.0 Å². The zero-order valence-electron chi connectivity index (χ0n) is 9.47. The number of carbonyl (C=O) groups excluding carboxylic acids is 1. The molecule has 0 atom stereocenters. The van der Waals surface area contributed by atoms with Gasteiger partial charge in [-0.05, 0) is 15.9 Å². The number of anilines is 1. The maximum absolute atomic E-state index is 11.4. The van der Waals surface area contributed by atoms with Crippen molar-refractivity contribution in [1.82, 2.24) is 9.55 Å². The van der Waals surface area contributed by atoms with Crippen LogP contribution in [-0.4, -0.2) is 28.7 Å². The van der Waals surface area contributed by atoms with Gasteiger partial charge in [-0.25, -0.2) is 9.59 Å². The van der Waals surface area contributed by atoms with E-state index in [1.54, 1.807) is 0 Å². The zero-order valence-corrected chi connectivity index (χ0v) is 11.1. The van der Waals surface area contributed by atoms with Crippen molar-refractivity contribution in [2.24, 2.45) is 0 Å². The first kappa shape index (κ1) is 14.4. The predicted octanol–water partition coefficient (Wildman–Crippen LogP) is 0.291. The number of esters is 1. The van der Waals surface area contributed by atoms with Crippen molar-refractivity contribution < 1.29 is 14.3 Å². The summed E-state index contributed by atoms with van der Waals surface area (Å²) in [6.45, 7) is 3.49.